The summed E-state index contributed by atoms with van der Waals surface area (Å²) in [5, 5.41) is 1.81. The van der Waals surface area contributed by atoms with Gasteiger partial charge in [0.2, 0.25) is 0 Å². The Labute approximate surface area is 146 Å². The maximum absolute atomic E-state index is 12.2. The first-order valence-corrected chi connectivity index (χ1v) is 10.4. The topological polar surface area (TPSA) is 68.5 Å². The maximum Gasteiger partial charge on any atom is 0.289 e. The van der Waals surface area contributed by atoms with Gasteiger partial charge in [-0.25, -0.2) is 8.42 Å². The molecular formula is C16H12N2O3S3. The van der Waals surface area contributed by atoms with E-state index in [4.69, 9.17) is 6.42 Å². The Hall–Kier alpha value is -2.21. The highest BCUT2D eigenvalue weighted by atomic mass is 32.2. The maximum atomic E-state index is 12.2. The van der Waals surface area contributed by atoms with Gasteiger partial charge in [0.1, 0.15) is 0 Å². The molecule has 3 aromatic rings. The Bertz CT molecular complexity index is 1130. The van der Waals surface area contributed by atoms with Crippen molar-refractivity contribution in [3.63, 3.8) is 0 Å². The molecule has 0 aliphatic rings. The van der Waals surface area contributed by atoms with Gasteiger partial charge in [-0.1, -0.05) is 23.3 Å². The van der Waals surface area contributed by atoms with E-state index in [-0.39, 0.29) is 17.3 Å². The molecular weight excluding hydrogens is 364 g/mol. The van der Waals surface area contributed by atoms with Crippen LogP contribution in [0.1, 0.15) is 9.67 Å². The number of benzene rings is 1. The van der Waals surface area contributed by atoms with Crippen LogP contribution in [-0.2, 0) is 16.4 Å². The van der Waals surface area contributed by atoms with Crippen molar-refractivity contribution >= 4 is 48.6 Å². The van der Waals surface area contributed by atoms with E-state index < -0.39 is 9.84 Å². The first-order valence-electron chi connectivity index (χ1n) is 6.79. The highest BCUT2D eigenvalue weighted by molar-refractivity contribution is 7.90. The highest BCUT2D eigenvalue weighted by Gasteiger charge is 2.13. The average Bonchev–Trinajstić information content (AvgIpc) is 3.15. The van der Waals surface area contributed by atoms with E-state index in [9.17, 15) is 13.2 Å². The Morgan fingerprint density at radius 3 is 2.79 bits per heavy atom. The summed E-state index contributed by atoms with van der Waals surface area (Å²) in [6.07, 6.45) is 6.57. The molecule has 8 heteroatoms. The number of hydrogen-bond acceptors (Lipinski definition) is 5. The molecule has 0 aliphatic carbocycles. The summed E-state index contributed by atoms with van der Waals surface area (Å²) in [5.41, 5.74) is 0.753. The van der Waals surface area contributed by atoms with Crippen molar-refractivity contribution in [2.45, 2.75) is 11.4 Å². The first kappa shape index (κ1) is 16.6. The lowest BCUT2D eigenvalue weighted by Gasteiger charge is -2.01. The summed E-state index contributed by atoms with van der Waals surface area (Å²) in [6.45, 7) is 0.245. The minimum Gasteiger partial charge on any atom is -0.305 e. The molecule has 3 rings (SSSR count). The minimum absolute atomic E-state index is 0.222. The summed E-state index contributed by atoms with van der Waals surface area (Å²) >= 11 is 2.55. The molecule has 2 aromatic heterocycles. The number of rotatable bonds is 3. The van der Waals surface area contributed by atoms with Crippen molar-refractivity contribution in [2.24, 2.45) is 4.99 Å². The van der Waals surface area contributed by atoms with Crippen LogP contribution >= 0.6 is 22.7 Å². The van der Waals surface area contributed by atoms with E-state index in [1.807, 2.05) is 5.38 Å². The molecule has 0 N–H and O–H groups in total. The number of nitrogens with zero attached hydrogens (tertiary/aromatic N) is 2. The molecule has 0 fully saturated rings. The van der Waals surface area contributed by atoms with Gasteiger partial charge in [0.05, 0.1) is 26.5 Å². The van der Waals surface area contributed by atoms with E-state index in [0.29, 0.717) is 14.4 Å². The van der Waals surface area contributed by atoms with E-state index in [1.165, 1.54) is 28.7 Å². The zero-order valence-electron chi connectivity index (χ0n) is 12.6. The SMILES string of the molecule is C#CCn1c(=NC(=O)c2cccs2)sc2cc(S(C)(=O)=O)ccc21. The summed E-state index contributed by atoms with van der Waals surface area (Å²) in [6, 6.07) is 8.29. The lowest BCUT2D eigenvalue weighted by Crippen LogP contribution is -2.16. The van der Waals surface area contributed by atoms with Gasteiger partial charge in [0.15, 0.2) is 14.6 Å². The van der Waals surface area contributed by atoms with Crippen LogP contribution in [0.15, 0.2) is 45.6 Å². The second kappa shape index (κ2) is 6.36. The number of aromatic nitrogens is 1. The van der Waals surface area contributed by atoms with Crippen molar-refractivity contribution in [3.8, 4) is 12.3 Å². The Kier molecular flexibility index (Phi) is 4.41. The van der Waals surface area contributed by atoms with E-state index in [1.54, 1.807) is 28.8 Å². The van der Waals surface area contributed by atoms with Crippen LogP contribution in [-0.4, -0.2) is 25.1 Å². The molecule has 0 unspecified atom stereocenters. The van der Waals surface area contributed by atoms with Gasteiger partial charge < -0.3 is 4.57 Å². The van der Waals surface area contributed by atoms with Crippen molar-refractivity contribution in [1.82, 2.24) is 4.57 Å². The predicted octanol–water partition coefficient (Wildman–Crippen LogP) is 2.54. The second-order valence-corrected chi connectivity index (χ2v) is 8.94. The number of thiazole rings is 1. The normalized spacial score (nSPS) is 12.4. The fourth-order valence-corrected chi connectivity index (χ4v) is 4.55. The lowest BCUT2D eigenvalue weighted by atomic mass is 10.3. The van der Waals surface area contributed by atoms with E-state index in [2.05, 4.69) is 10.9 Å². The summed E-state index contributed by atoms with van der Waals surface area (Å²) in [4.78, 5) is 17.6. The van der Waals surface area contributed by atoms with Crippen molar-refractivity contribution in [2.75, 3.05) is 6.26 Å². The molecule has 122 valence electrons. The zero-order chi connectivity index (χ0) is 17.3. The monoisotopic (exact) mass is 376 g/mol. The van der Waals surface area contributed by atoms with E-state index >= 15 is 0 Å². The number of carbonyl (C=O) groups is 1. The highest BCUT2D eigenvalue weighted by Crippen LogP contribution is 2.22. The van der Waals surface area contributed by atoms with Gasteiger partial charge >= 0.3 is 0 Å². The molecule has 5 nitrogen and oxygen atoms in total. The van der Waals surface area contributed by atoms with Crippen LogP contribution in [0.4, 0.5) is 0 Å². The second-order valence-electron chi connectivity index (χ2n) is 4.97. The minimum atomic E-state index is -3.31. The number of carbonyl (C=O) groups excluding carboxylic acids is 1. The molecule has 0 saturated heterocycles. The molecule has 1 amide bonds. The number of thiophene rings is 1. The lowest BCUT2D eigenvalue weighted by molar-refractivity contribution is 0.100. The zero-order valence-corrected chi connectivity index (χ0v) is 15.0. The first-order chi connectivity index (χ1) is 11.4. The summed E-state index contributed by atoms with van der Waals surface area (Å²) < 4.78 is 25.9. The average molecular weight is 376 g/mol. The molecule has 0 saturated carbocycles. The van der Waals surface area contributed by atoms with Crippen molar-refractivity contribution in [3.05, 3.63) is 45.4 Å². The molecule has 1 aromatic carbocycles. The Balaban J connectivity index is 2.22. The van der Waals surface area contributed by atoms with Crippen LogP contribution in [0.3, 0.4) is 0 Å². The third kappa shape index (κ3) is 3.19. The number of amides is 1. The Morgan fingerprint density at radius 2 is 2.17 bits per heavy atom. The van der Waals surface area contributed by atoms with Gasteiger partial charge in [-0.3, -0.25) is 4.79 Å². The largest absolute Gasteiger partial charge is 0.305 e. The molecule has 0 spiro atoms. The number of hydrogen-bond donors (Lipinski definition) is 0. The summed E-state index contributed by atoms with van der Waals surface area (Å²) in [5.74, 6) is 2.20. The number of terminal acetylenes is 1. The van der Waals surface area contributed by atoms with Gasteiger partial charge in [-0.05, 0) is 29.6 Å². The molecule has 0 atom stereocenters. The third-order valence-corrected chi connectivity index (χ3v) is 6.27. The van der Waals surface area contributed by atoms with Crippen LogP contribution in [0.2, 0.25) is 0 Å². The molecule has 0 bridgehead atoms. The smallest absolute Gasteiger partial charge is 0.289 e. The predicted molar refractivity (Wildman–Crippen MR) is 96.0 cm³/mol. The van der Waals surface area contributed by atoms with Crippen LogP contribution in [0.25, 0.3) is 10.2 Å². The van der Waals surface area contributed by atoms with Crippen LogP contribution in [0.5, 0.6) is 0 Å². The molecule has 0 radical (unpaired) electrons. The molecule has 0 aliphatic heterocycles. The fraction of sp³-hybridized carbons (Fsp3) is 0.125. The Morgan fingerprint density at radius 1 is 1.38 bits per heavy atom. The van der Waals surface area contributed by atoms with E-state index in [0.717, 1.165) is 11.8 Å². The van der Waals surface area contributed by atoms with Gasteiger partial charge in [-0.15, -0.1) is 17.8 Å². The molecule has 24 heavy (non-hydrogen) atoms. The summed E-state index contributed by atoms with van der Waals surface area (Å²) in [7, 11) is -3.31. The number of sulfone groups is 1. The van der Waals surface area contributed by atoms with Gasteiger partial charge in [-0.2, -0.15) is 4.99 Å². The standard InChI is InChI=1S/C16H12N2O3S3/c1-3-8-18-12-7-6-11(24(2,20)21)10-14(12)23-16(18)17-15(19)13-5-4-9-22-13/h1,4-7,9-10H,8H2,2H3. The fourth-order valence-electron chi connectivity index (χ4n) is 2.16. The van der Waals surface area contributed by atoms with Crippen LogP contribution < -0.4 is 4.80 Å². The van der Waals surface area contributed by atoms with Crippen molar-refractivity contribution < 1.29 is 13.2 Å². The number of fused-ring (bicyclic) bond motifs is 1. The van der Waals surface area contributed by atoms with Gasteiger partial charge in [0, 0.05) is 6.26 Å². The van der Waals surface area contributed by atoms with Crippen molar-refractivity contribution in [1.29, 1.82) is 0 Å². The quantitative estimate of drug-likeness (QED) is 0.660. The third-order valence-electron chi connectivity index (χ3n) is 3.26. The van der Waals surface area contributed by atoms with Crippen LogP contribution in [0, 0.1) is 12.3 Å². The van der Waals surface area contributed by atoms with Gasteiger partial charge in [0.25, 0.3) is 5.91 Å². The molecule has 2 heterocycles.